The van der Waals surface area contributed by atoms with Crippen LogP contribution in [0.15, 0.2) is 36.5 Å². The van der Waals surface area contributed by atoms with Crippen molar-refractivity contribution in [2.75, 3.05) is 32.5 Å². The molecule has 6 nitrogen and oxygen atoms in total. The van der Waals surface area contributed by atoms with E-state index in [9.17, 15) is 4.79 Å². The second kappa shape index (κ2) is 8.98. The molecule has 24 heavy (non-hydrogen) atoms. The number of rotatable bonds is 8. The number of carbonyl (C=O) groups excluding carboxylic acids is 1. The van der Waals surface area contributed by atoms with Gasteiger partial charge in [0.2, 0.25) is 5.95 Å². The van der Waals surface area contributed by atoms with Crippen molar-refractivity contribution in [2.45, 2.75) is 19.9 Å². The summed E-state index contributed by atoms with van der Waals surface area (Å²) in [6, 6.07) is 9.61. The first-order chi connectivity index (χ1) is 11.6. The van der Waals surface area contributed by atoms with Crippen LogP contribution in [-0.4, -0.2) is 48.0 Å². The number of nitrogens with one attached hydrogen (secondary N) is 2. The van der Waals surface area contributed by atoms with Gasteiger partial charge in [-0.1, -0.05) is 24.3 Å². The largest absolute Gasteiger partial charge is 0.354 e. The van der Waals surface area contributed by atoms with Crippen LogP contribution < -0.4 is 10.6 Å². The molecule has 0 fully saturated rings. The monoisotopic (exact) mass is 327 g/mol. The molecule has 0 aliphatic carbocycles. The van der Waals surface area contributed by atoms with Gasteiger partial charge in [-0.2, -0.15) is 0 Å². The molecule has 0 unspecified atom stereocenters. The third-order valence-electron chi connectivity index (χ3n) is 3.65. The van der Waals surface area contributed by atoms with Gasteiger partial charge in [-0.3, -0.25) is 4.79 Å². The van der Waals surface area contributed by atoms with Gasteiger partial charge in [0, 0.05) is 19.3 Å². The second-order valence-electron chi connectivity index (χ2n) is 5.96. The Kier molecular flexibility index (Phi) is 6.69. The molecule has 6 heteroatoms. The van der Waals surface area contributed by atoms with Gasteiger partial charge >= 0.3 is 0 Å². The minimum absolute atomic E-state index is 0.197. The van der Waals surface area contributed by atoms with Gasteiger partial charge in [0.1, 0.15) is 5.69 Å². The Balaban J connectivity index is 1.88. The average molecular weight is 327 g/mol. The number of aryl methyl sites for hydroxylation is 1. The van der Waals surface area contributed by atoms with E-state index in [1.165, 1.54) is 0 Å². The average Bonchev–Trinajstić information content (AvgIpc) is 2.58. The number of carbonyl (C=O) groups is 1. The van der Waals surface area contributed by atoms with Crippen molar-refractivity contribution in [3.8, 4) is 0 Å². The molecule has 128 valence electrons. The van der Waals surface area contributed by atoms with E-state index in [1.54, 1.807) is 12.3 Å². The van der Waals surface area contributed by atoms with E-state index in [2.05, 4.69) is 25.5 Å². The highest BCUT2D eigenvalue weighted by Crippen LogP contribution is 2.07. The molecule has 1 aromatic heterocycles. The summed E-state index contributed by atoms with van der Waals surface area (Å²) >= 11 is 0. The zero-order valence-corrected chi connectivity index (χ0v) is 14.5. The minimum atomic E-state index is -0.197. The summed E-state index contributed by atoms with van der Waals surface area (Å²) in [5.74, 6) is 0.286. The van der Waals surface area contributed by atoms with E-state index >= 15 is 0 Å². The van der Waals surface area contributed by atoms with Crippen LogP contribution in [0.3, 0.4) is 0 Å². The first kappa shape index (κ1) is 17.9. The number of hydrogen-bond acceptors (Lipinski definition) is 5. The molecular weight excluding hydrogens is 302 g/mol. The Labute approximate surface area is 143 Å². The van der Waals surface area contributed by atoms with Crippen LogP contribution in [0.2, 0.25) is 0 Å². The van der Waals surface area contributed by atoms with Crippen LogP contribution in [0.1, 0.15) is 28.0 Å². The Morgan fingerprint density at radius 2 is 2.00 bits per heavy atom. The van der Waals surface area contributed by atoms with Crippen LogP contribution in [0.25, 0.3) is 0 Å². The van der Waals surface area contributed by atoms with E-state index in [1.807, 2.05) is 45.3 Å². The van der Waals surface area contributed by atoms with Crippen LogP contribution in [0, 0.1) is 6.92 Å². The van der Waals surface area contributed by atoms with Crippen molar-refractivity contribution in [1.29, 1.82) is 0 Å². The highest BCUT2D eigenvalue weighted by Gasteiger charge is 2.09. The van der Waals surface area contributed by atoms with E-state index in [0.717, 1.165) is 30.6 Å². The number of hydrogen-bond donors (Lipinski definition) is 2. The molecule has 1 aromatic carbocycles. The quantitative estimate of drug-likeness (QED) is 0.727. The molecule has 1 heterocycles. The summed E-state index contributed by atoms with van der Waals surface area (Å²) in [5.41, 5.74) is 2.62. The minimum Gasteiger partial charge on any atom is -0.354 e. The SMILES string of the molecule is Cc1ccccc1CNC(=O)c1ccnc(NCCCN(C)C)n1. The Bertz CT molecular complexity index is 672. The standard InChI is InChI=1S/C18H25N5O/c1-14-7-4-5-8-15(14)13-21-17(24)16-9-11-20-18(22-16)19-10-6-12-23(2)3/h4-5,7-9,11H,6,10,12-13H2,1-3H3,(H,21,24)(H,19,20,22). The zero-order valence-electron chi connectivity index (χ0n) is 14.5. The fourth-order valence-electron chi connectivity index (χ4n) is 2.24. The van der Waals surface area contributed by atoms with Crippen molar-refractivity contribution in [3.05, 3.63) is 53.3 Å². The number of aromatic nitrogens is 2. The second-order valence-corrected chi connectivity index (χ2v) is 5.96. The van der Waals surface area contributed by atoms with Crippen molar-refractivity contribution in [3.63, 3.8) is 0 Å². The Morgan fingerprint density at radius 3 is 2.75 bits per heavy atom. The predicted molar refractivity (Wildman–Crippen MR) is 96.0 cm³/mol. The third-order valence-corrected chi connectivity index (χ3v) is 3.65. The maximum Gasteiger partial charge on any atom is 0.270 e. The maximum atomic E-state index is 12.3. The molecule has 0 saturated heterocycles. The zero-order chi connectivity index (χ0) is 17.4. The van der Waals surface area contributed by atoms with Crippen molar-refractivity contribution in [1.82, 2.24) is 20.2 Å². The topological polar surface area (TPSA) is 70.2 Å². The van der Waals surface area contributed by atoms with Crippen LogP contribution in [-0.2, 0) is 6.54 Å². The molecule has 1 amide bonds. The van der Waals surface area contributed by atoms with Crippen molar-refractivity contribution < 1.29 is 4.79 Å². The summed E-state index contributed by atoms with van der Waals surface area (Å²) in [6.07, 6.45) is 2.59. The number of amides is 1. The molecule has 0 atom stereocenters. The van der Waals surface area contributed by atoms with Crippen molar-refractivity contribution in [2.24, 2.45) is 0 Å². The van der Waals surface area contributed by atoms with Gasteiger partial charge in [-0.15, -0.1) is 0 Å². The summed E-state index contributed by atoms with van der Waals surface area (Å²) in [7, 11) is 4.08. The number of benzene rings is 1. The summed E-state index contributed by atoms with van der Waals surface area (Å²) < 4.78 is 0. The Morgan fingerprint density at radius 1 is 1.21 bits per heavy atom. The smallest absolute Gasteiger partial charge is 0.270 e. The Hall–Kier alpha value is -2.47. The summed E-state index contributed by atoms with van der Waals surface area (Å²) in [4.78, 5) is 22.8. The lowest BCUT2D eigenvalue weighted by molar-refractivity contribution is 0.0946. The first-order valence-electron chi connectivity index (χ1n) is 8.10. The molecule has 0 saturated carbocycles. The molecule has 0 bridgehead atoms. The van der Waals surface area contributed by atoms with Crippen molar-refractivity contribution >= 4 is 11.9 Å². The first-order valence-corrected chi connectivity index (χ1v) is 8.10. The molecule has 2 rings (SSSR count). The van der Waals surface area contributed by atoms with E-state index in [-0.39, 0.29) is 5.91 Å². The lowest BCUT2D eigenvalue weighted by atomic mass is 10.1. The fraction of sp³-hybridized carbons (Fsp3) is 0.389. The number of nitrogens with zero attached hydrogens (tertiary/aromatic N) is 3. The molecule has 0 aliphatic rings. The van der Waals surface area contributed by atoms with E-state index in [4.69, 9.17) is 0 Å². The molecule has 2 aromatic rings. The van der Waals surface area contributed by atoms with E-state index < -0.39 is 0 Å². The molecular formula is C18H25N5O. The van der Waals surface area contributed by atoms with Gasteiger partial charge in [0.05, 0.1) is 0 Å². The highest BCUT2D eigenvalue weighted by molar-refractivity contribution is 5.92. The fourth-order valence-corrected chi connectivity index (χ4v) is 2.24. The lowest BCUT2D eigenvalue weighted by Gasteiger charge is -2.10. The lowest BCUT2D eigenvalue weighted by Crippen LogP contribution is -2.24. The third kappa shape index (κ3) is 5.62. The van der Waals surface area contributed by atoms with E-state index in [0.29, 0.717) is 18.2 Å². The normalized spacial score (nSPS) is 10.7. The van der Waals surface area contributed by atoms with Gasteiger partial charge < -0.3 is 15.5 Å². The highest BCUT2D eigenvalue weighted by atomic mass is 16.1. The van der Waals surface area contributed by atoms with Crippen LogP contribution >= 0.6 is 0 Å². The predicted octanol–water partition coefficient (Wildman–Crippen LogP) is 2.08. The van der Waals surface area contributed by atoms with Crippen LogP contribution in [0.4, 0.5) is 5.95 Å². The summed E-state index contributed by atoms with van der Waals surface area (Å²) in [6.45, 7) is 4.28. The van der Waals surface area contributed by atoms with Gasteiger partial charge in [-0.05, 0) is 51.2 Å². The molecule has 0 aliphatic heterocycles. The molecule has 2 N–H and O–H groups in total. The van der Waals surface area contributed by atoms with Crippen LogP contribution in [0.5, 0.6) is 0 Å². The summed E-state index contributed by atoms with van der Waals surface area (Å²) in [5, 5.41) is 6.05. The number of anilines is 1. The van der Waals surface area contributed by atoms with Gasteiger partial charge in [0.15, 0.2) is 0 Å². The van der Waals surface area contributed by atoms with Gasteiger partial charge in [-0.25, -0.2) is 9.97 Å². The molecule has 0 radical (unpaired) electrons. The van der Waals surface area contributed by atoms with Gasteiger partial charge in [0.25, 0.3) is 5.91 Å². The maximum absolute atomic E-state index is 12.3. The molecule has 0 spiro atoms.